The molecule has 1 fully saturated rings. The fourth-order valence-corrected chi connectivity index (χ4v) is 1.94. The smallest absolute Gasteiger partial charge is 0.237 e. The van der Waals surface area contributed by atoms with Crippen molar-refractivity contribution in [3.05, 3.63) is 0 Å². The fraction of sp³-hybridized carbons (Fsp3) is 0.909. The minimum Gasteiger partial charge on any atom is -0.375 e. The Labute approximate surface area is 91.5 Å². The SMILES string of the molecule is CC1(C)CC(NC(C)(C)C(N)=O)CCO1. The summed E-state index contributed by atoms with van der Waals surface area (Å²) in [4.78, 5) is 11.2. The maximum atomic E-state index is 11.2. The van der Waals surface area contributed by atoms with Gasteiger partial charge in [0, 0.05) is 12.6 Å². The lowest BCUT2D eigenvalue weighted by atomic mass is 9.91. The second-order valence-electron chi connectivity index (χ2n) is 5.43. The molecule has 4 heteroatoms. The van der Waals surface area contributed by atoms with Crippen molar-refractivity contribution < 1.29 is 9.53 Å². The van der Waals surface area contributed by atoms with Crippen molar-refractivity contribution in [1.29, 1.82) is 0 Å². The summed E-state index contributed by atoms with van der Waals surface area (Å²) in [6.07, 6.45) is 1.84. The van der Waals surface area contributed by atoms with E-state index >= 15 is 0 Å². The molecule has 0 aliphatic carbocycles. The van der Waals surface area contributed by atoms with Gasteiger partial charge in [0.15, 0.2) is 0 Å². The first-order valence-electron chi connectivity index (χ1n) is 5.44. The number of nitrogens with one attached hydrogen (secondary N) is 1. The van der Waals surface area contributed by atoms with Crippen molar-refractivity contribution in [3.8, 4) is 0 Å². The lowest BCUT2D eigenvalue weighted by molar-refractivity contribution is -0.124. The topological polar surface area (TPSA) is 64.3 Å². The van der Waals surface area contributed by atoms with E-state index in [1.165, 1.54) is 0 Å². The minimum atomic E-state index is -0.641. The second kappa shape index (κ2) is 4.10. The molecule has 15 heavy (non-hydrogen) atoms. The largest absolute Gasteiger partial charge is 0.375 e. The Balaban J connectivity index is 2.55. The molecule has 3 N–H and O–H groups in total. The van der Waals surface area contributed by atoms with Crippen LogP contribution in [0.4, 0.5) is 0 Å². The van der Waals surface area contributed by atoms with Crippen LogP contribution in [0.3, 0.4) is 0 Å². The first-order chi connectivity index (χ1) is 6.73. The van der Waals surface area contributed by atoms with Crippen molar-refractivity contribution >= 4 is 5.91 Å². The summed E-state index contributed by atoms with van der Waals surface area (Å²) in [5.41, 5.74) is 4.57. The summed E-state index contributed by atoms with van der Waals surface area (Å²) in [6, 6.07) is 0.302. The van der Waals surface area contributed by atoms with Gasteiger partial charge in [0.25, 0.3) is 0 Å². The van der Waals surface area contributed by atoms with Crippen LogP contribution in [-0.2, 0) is 9.53 Å². The molecule has 0 aromatic heterocycles. The van der Waals surface area contributed by atoms with Crippen LogP contribution in [0.1, 0.15) is 40.5 Å². The Kier molecular flexibility index (Phi) is 3.41. The number of carbonyl (C=O) groups excluding carboxylic acids is 1. The first-order valence-corrected chi connectivity index (χ1v) is 5.44. The van der Waals surface area contributed by atoms with Crippen LogP contribution in [0.2, 0.25) is 0 Å². The van der Waals surface area contributed by atoms with Crippen LogP contribution in [0.15, 0.2) is 0 Å². The third kappa shape index (κ3) is 3.47. The van der Waals surface area contributed by atoms with Crippen molar-refractivity contribution in [3.63, 3.8) is 0 Å². The molecule has 88 valence electrons. The van der Waals surface area contributed by atoms with Crippen molar-refractivity contribution in [2.24, 2.45) is 5.73 Å². The van der Waals surface area contributed by atoms with E-state index < -0.39 is 5.54 Å². The maximum Gasteiger partial charge on any atom is 0.237 e. The molecule has 1 heterocycles. The molecule has 0 radical (unpaired) electrons. The van der Waals surface area contributed by atoms with Gasteiger partial charge in [-0.2, -0.15) is 0 Å². The van der Waals surface area contributed by atoms with Crippen molar-refractivity contribution in [2.45, 2.75) is 57.7 Å². The van der Waals surface area contributed by atoms with Gasteiger partial charge >= 0.3 is 0 Å². The third-order valence-corrected chi connectivity index (χ3v) is 2.88. The van der Waals surface area contributed by atoms with E-state index in [9.17, 15) is 4.79 Å². The summed E-state index contributed by atoms with van der Waals surface area (Å²) in [7, 11) is 0. The van der Waals surface area contributed by atoms with E-state index in [4.69, 9.17) is 10.5 Å². The second-order valence-corrected chi connectivity index (χ2v) is 5.43. The number of ether oxygens (including phenoxy) is 1. The number of nitrogens with two attached hydrogens (primary N) is 1. The van der Waals surface area contributed by atoms with Gasteiger partial charge < -0.3 is 15.8 Å². The molecule has 1 aliphatic heterocycles. The number of carbonyl (C=O) groups is 1. The molecule has 0 aromatic rings. The fourth-order valence-electron chi connectivity index (χ4n) is 1.94. The molecule has 1 atom stereocenters. The molecule has 0 saturated carbocycles. The van der Waals surface area contributed by atoms with Gasteiger partial charge in [0.2, 0.25) is 5.91 Å². The van der Waals surface area contributed by atoms with Crippen LogP contribution < -0.4 is 11.1 Å². The van der Waals surface area contributed by atoms with Gasteiger partial charge in [-0.25, -0.2) is 0 Å². The molecule has 4 nitrogen and oxygen atoms in total. The molecule has 1 saturated heterocycles. The number of primary amides is 1. The highest BCUT2D eigenvalue weighted by molar-refractivity contribution is 5.83. The van der Waals surface area contributed by atoms with Gasteiger partial charge in [-0.15, -0.1) is 0 Å². The summed E-state index contributed by atoms with van der Waals surface area (Å²) in [5.74, 6) is -0.313. The Morgan fingerprint density at radius 2 is 2.13 bits per heavy atom. The van der Waals surface area contributed by atoms with E-state index in [1.54, 1.807) is 0 Å². The highest BCUT2D eigenvalue weighted by atomic mass is 16.5. The Morgan fingerprint density at radius 3 is 2.60 bits per heavy atom. The predicted octanol–water partition coefficient (Wildman–Crippen LogP) is 0.797. The minimum absolute atomic E-state index is 0.107. The number of amides is 1. The molecule has 1 aliphatic rings. The van der Waals surface area contributed by atoms with Crippen LogP contribution in [0.5, 0.6) is 0 Å². The van der Waals surface area contributed by atoms with Gasteiger partial charge in [-0.1, -0.05) is 0 Å². The van der Waals surface area contributed by atoms with Gasteiger partial charge in [-0.05, 0) is 40.5 Å². The Hall–Kier alpha value is -0.610. The lowest BCUT2D eigenvalue weighted by Gasteiger charge is -2.39. The molecular weight excluding hydrogens is 192 g/mol. The van der Waals surface area contributed by atoms with Crippen LogP contribution in [0, 0.1) is 0 Å². The van der Waals surface area contributed by atoms with Crippen molar-refractivity contribution in [2.75, 3.05) is 6.61 Å². The molecule has 0 bridgehead atoms. The van der Waals surface area contributed by atoms with E-state index in [-0.39, 0.29) is 11.5 Å². The summed E-state index contributed by atoms with van der Waals surface area (Å²) in [6.45, 7) is 8.51. The van der Waals surface area contributed by atoms with E-state index in [0.29, 0.717) is 6.04 Å². The van der Waals surface area contributed by atoms with Crippen LogP contribution >= 0.6 is 0 Å². The quantitative estimate of drug-likeness (QED) is 0.730. The summed E-state index contributed by atoms with van der Waals surface area (Å²) < 4.78 is 5.61. The molecule has 1 rings (SSSR count). The lowest BCUT2D eigenvalue weighted by Crippen LogP contribution is -2.57. The molecule has 0 aromatic carbocycles. The van der Waals surface area contributed by atoms with E-state index in [1.807, 2.05) is 13.8 Å². The number of hydrogen-bond donors (Lipinski definition) is 2. The predicted molar refractivity (Wildman–Crippen MR) is 59.5 cm³/mol. The molecule has 1 amide bonds. The normalized spacial score (nSPS) is 26.3. The Morgan fingerprint density at radius 1 is 1.53 bits per heavy atom. The standard InChI is InChI=1S/C11H22N2O2/c1-10(2)7-8(5-6-15-10)13-11(3,4)9(12)14/h8,13H,5-7H2,1-4H3,(H2,12,14). The monoisotopic (exact) mass is 214 g/mol. The van der Waals surface area contributed by atoms with Gasteiger partial charge in [0.05, 0.1) is 11.1 Å². The average Bonchev–Trinajstić information content (AvgIpc) is 2.00. The summed E-state index contributed by atoms with van der Waals surface area (Å²) >= 11 is 0. The molecular formula is C11H22N2O2. The maximum absolute atomic E-state index is 11.2. The highest BCUT2D eigenvalue weighted by Crippen LogP contribution is 2.25. The van der Waals surface area contributed by atoms with Gasteiger partial charge in [-0.3, -0.25) is 4.79 Å². The average molecular weight is 214 g/mol. The van der Waals surface area contributed by atoms with Crippen molar-refractivity contribution in [1.82, 2.24) is 5.32 Å². The zero-order valence-corrected chi connectivity index (χ0v) is 10.1. The third-order valence-electron chi connectivity index (χ3n) is 2.88. The van der Waals surface area contributed by atoms with Gasteiger partial charge in [0.1, 0.15) is 0 Å². The van der Waals surface area contributed by atoms with Crippen LogP contribution in [0.25, 0.3) is 0 Å². The zero-order valence-electron chi connectivity index (χ0n) is 10.1. The number of hydrogen-bond acceptors (Lipinski definition) is 3. The molecule has 1 unspecified atom stereocenters. The first kappa shape index (κ1) is 12.5. The number of rotatable bonds is 3. The van der Waals surface area contributed by atoms with E-state index in [2.05, 4.69) is 19.2 Å². The Bertz CT molecular complexity index is 249. The van der Waals surface area contributed by atoms with Crippen LogP contribution in [-0.4, -0.2) is 29.7 Å². The zero-order chi connectivity index (χ0) is 11.7. The molecule has 0 spiro atoms. The highest BCUT2D eigenvalue weighted by Gasteiger charge is 2.34. The summed E-state index contributed by atoms with van der Waals surface area (Å²) in [5, 5.41) is 3.30. The van der Waals surface area contributed by atoms with E-state index in [0.717, 1.165) is 19.4 Å².